The van der Waals surface area contributed by atoms with Crippen LogP contribution in [-0.2, 0) is 17.3 Å². The lowest BCUT2D eigenvalue weighted by Crippen LogP contribution is -2.20. The first-order valence-electron chi connectivity index (χ1n) is 19.4. The Hall–Kier alpha value is -5.95. The lowest BCUT2D eigenvalue weighted by Gasteiger charge is -2.25. The molecule has 0 unspecified atom stereocenters. The first-order chi connectivity index (χ1) is 27.3. The van der Waals surface area contributed by atoms with E-state index in [2.05, 4.69) is 108 Å². The van der Waals surface area contributed by atoms with Crippen molar-refractivity contribution in [1.29, 1.82) is 0 Å². The SMILES string of the molecule is CC(C)(C)c1ccccc1.COc1ccc(C2=N/C(=C3/c4ccccc4Cc4cc(-c5ccc(OC)cc5)n(B(F)F)c43)C(c3ccc(C(C)(C)C)cc3)=C2)cc1. The molecule has 0 radical (unpaired) electrons. The Morgan fingerprint density at radius 2 is 1.12 bits per heavy atom. The monoisotopic (exact) mass is 758 g/mol. The van der Waals surface area contributed by atoms with Gasteiger partial charge in [-0.2, -0.15) is 0 Å². The van der Waals surface area contributed by atoms with E-state index in [4.69, 9.17) is 14.5 Å². The van der Waals surface area contributed by atoms with E-state index in [0.717, 1.165) is 44.9 Å². The first-order valence-corrected chi connectivity index (χ1v) is 19.4. The average molecular weight is 759 g/mol. The molecular weight excluding hydrogens is 709 g/mol. The number of aromatic nitrogens is 1. The highest BCUT2D eigenvalue weighted by molar-refractivity contribution is 6.42. The third-order valence-corrected chi connectivity index (χ3v) is 10.7. The molecule has 0 N–H and O–H groups in total. The zero-order valence-corrected chi connectivity index (χ0v) is 34.0. The number of allylic oxidation sites excluding steroid dienone is 2. The molecule has 2 heterocycles. The third-order valence-electron chi connectivity index (χ3n) is 10.7. The molecule has 0 spiro atoms. The fourth-order valence-corrected chi connectivity index (χ4v) is 7.50. The molecule has 0 atom stereocenters. The third kappa shape index (κ3) is 8.16. The number of ether oxygens (including phenoxy) is 2. The van der Waals surface area contributed by atoms with Gasteiger partial charge in [0.15, 0.2) is 0 Å². The standard InChI is InChI=1S/C40H35BF2N2O2.C10H14/c1-40(2,3)30-16-10-25(11-17-30)34-24-35(26-12-18-31(46-4)19-13-26)44-38(34)37-33-9-7-6-8-28(33)22-29-23-36(45(39(29)37)41(42)43)27-14-20-32(47-5)21-15-27;1-10(2,3)9-7-5-4-6-8-9/h6-21,23-24H,22H2,1-5H3;4-8H,1-3H3/b38-37-;. The van der Waals surface area contributed by atoms with Gasteiger partial charge in [-0.25, -0.2) is 4.99 Å². The zero-order chi connectivity index (χ0) is 40.5. The van der Waals surface area contributed by atoms with Crippen LogP contribution in [0.3, 0.4) is 0 Å². The highest BCUT2D eigenvalue weighted by Crippen LogP contribution is 2.47. The Kier molecular flexibility index (Phi) is 11.0. The maximum absolute atomic E-state index is 15.4. The number of methoxy groups -OCH3 is 2. The van der Waals surface area contributed by atoms with Crippen LogP contribution in [0.2, 0.25) is 0 Å². The molecule has 0 saturated heterocycles. The van der Waals surface area contributed by atoms with Crippen LogP contribution in [0, 0.1) is 0 Å². The molecule has 288 valence electrons. The summed E-state index contributed by atoms with van der Waals surface area (Å²) >= 11 is 0. The van der Waals surface area contributed by atoms with Crippen molar-refractivity contribution in [1.82, 2.24) is 4.48 Å². The summed E-state index contributed by atoms with van der Waals surface area (Å²) in [5.41, 5.74) is 12.3. The van der Waals surface area contributed by atoms with Gasteiger partial charge in [0, 0.05) is 34.5 Å². The first kappa shape index (κ1) is 39.3. The summed E-state index contributed by atoms with van der Waals surface area (Å²) in [5.74, 6) is 1.42. The van der Waals surface area contributed by atoms with Gasteiger partial charge in [0.05, 0.1) is 25.6 Å². The number of rotatable bonds is 6. The van der Waals surface area contributed by atoms with Crippen molar-refractivity contribution < 1.29 is 18.1 Å². The van der Waals surface area contributed by atoms with E-state index in [1.807, 2.05) is 60.7 Å². The van der Waals surface area contributed by atoms with E-state index in [1.165, 1.54) is 15.6 Å². The molecule has 5 aromatic carbocycles. The molecule has 0 bridgehead atoms. The summed E-state index contributed by atoms with van der Waals surface area (Å²) < 4.78 is 42.6. The lowest BCUT2D eigenvalue weighted by molar-refractivity contribution is 0.414. The highest BCUT2D eigenvalue weighted by atomic mass is 19.2. The molecule has 4 nitrogen and oxygen atoms in total. The van der Waals surface area contributed by atoms with Gasteiger partial charge in [-0.1, -0.05) is 120 Å². The molecule has 1 aromatic heterocycles. The molecule has 1 aliphatic heterocycles. The normalized spacial score (nSPS) is 14.8. The largest absolute Gasteiger partial charge is 0.678 e. The zero-order valence-electron chi connectivity index (χ0n) is 34.0. The summed E-state index contributed by atoms with van der Waals surface area (Å²) in [4.78, 5) is 5.26. The molecule has 57 heavy (non-hydrogen) atoms. The van der Waals surface area contributed by atoms with Crippen LogP contribution >= 0.6 is 0 Å². The average Bonchev–Trinajstić information content (AvgIpc) is 3.83. The van der Waals surface area contributed by atoms with Gasteiger partial charge in [0.1, 0.15) is 11.5 Å². The molecular formula is C50H49BF2N2O2. The molecule has 0 saturated carbocycles. The van der Waals surface area contributed by atoms with Crippen LogP contribution in [-0.4, -0.2) is 31.8 Å². The van der Waals surface area contributed by atoms with Crippen molar-refractivity contribution in [2.45, 2.75) is 58.8 Å². The second kappa shape index (κ2) is 15.9. The highest BCUT2D eigenvalue weighted by Gasteiger charge is 2.36. The van der Waals surface area contributed by atoms with Crippen molar-refractivity contribution in [2.24, 2.45) is 4.99 Å². The van der Waals surface area contributed by atoms with E-state index in [-0.39, 0.29) is 5.41 Å². The fourth-order valence-electron chi connectivity index (χ4n) is 7.50. The van der Waals surface area contributed by atoms with Crippen LogP contribution in [0.1, 0.15) is 86.2 Å². The van der Waals surface area contributed by atoms with Gasteiger partial charge in [-0.15, -0.1) is 0 Å². The molecule has 7 heteroatoms. The molecule has 6 aromatic rings. The van der Waals surface area contributed by atoms with Crippen LogP contribution in [0.15, 0.2) is 150 Å². The Morgan fingerprint density at radius 1 is 0.596 bits per heavy atom. The van der Waals surface area contributed by atoms with Gasteiger partial charge in [0.2, 0.25) is 0 Å². The van der Waals surface area contributed by atoms with Crippen molar-refractivity contribution in [2.75, 3.05) is 14.2 Å². The van der Waals surface area contributed by atoms with Gasteiger partial charge in [-0.05, 0) is 110 Å². The Balaban J connectivity index is 0.000000434. The van der Waals surface area contributed by atoms with E-state index in [9.17, 15) is 0 Å². The van der Waals surface area contributed by atoms with Crippen molar-refractivity contribution in [3.05, 3.63) is 190 Å². The summed E-state index contributed by atoms with van der Waals surface area (Å²) in [6.45, 7) is 13.2. The number of aliphatic imine (C=N–C) groups is 1. The van der Waals surface area contributed by atoms with Crippen LogP contribution in [0.5, 0.6) is 11.5 Å². The number of hydrogen-bond donors (Lipinski definition) is 0. The number of halogens is 2. The Morgan fingerprint density at radius 3 is 1.67 bits per heavy atom. The van der Waals surface area contributed by atoms with Crippen molar-refractivity contribution in [3.63, 3.8) is 0 Å². The second-order valence-corrected chi connectivity index (χ2v) is 16.6. The summed E-state index contributed by atoms with van der Waals surface area (Å²) in [6.07, 6.45) is 2.62. The van der Waals surface area contributed by atoms with Crippen molar-refractivity contribution in [3.8, 4) is 22.8 Å². The van der Waals surface area contributed by atoms with E-state index in [1.54, 1.807) is 26.4 Å². The van der Waals surface area contributed by atoms with E-state index in [0.29, 0.717) is 45.8 Å². The minimum atomic E-state index is -2.78. The fraction of sp³-hybridized carbons (Fsp3) is 0.220. The maximum Gasteiger partial charge on any atom is 0.678 e. The van der Waals surface area contributed by atoms with Crippen LogP contribution in [0.25, 0.3) is 22.4 Å². The number of hydrogen-bond acceptors (Lipinski definition) is 3. The summed E-state index contributed by atoms with van der Waals surface area (Å²) in [6, 6.07) is 44.1. The topological polar surface area (TPSA) is 35.8 Å². The summed E-state index contributed by atoms with van der Waals surface area (Å²) in [7, 11) is 0.456. The minimum absolute atomic E-state index is 0.0121. The predicted octanol–water partition coefficient (Wildman–Crippen LogP) is 12.5. The quantitative estimate of drug-likeness (QED) is 0.158. The molecule has 0 amide bonds. The second-order valence-electron chi connectivity index (χ2n) is 16.6. The Labute approximate surface area is 336 Å². The molecule has 2 aliphatic rings. The molecule has 0 fully saturated rings. The van der Waals surface area contributed by atoms with Gasteiger partial charge in [-0.3, -0.25) is 8.63 Å². The lowest BCUT2D eigenvalue weighted by atomic mass is 9.82. The van der Waals surface area contributed by atoms with Crippen molar-refractivity contribution >= 4 is 24.3 Å². The molecule has 8 rings (SSSR count). The molecule has 1 aliphatic carbocycles. The van der Waals surface area contributed by atoms with E-state index >= 15 is 8.63 Å². The van der Waals surface area contributed by atoms with Crippen LogP contribution < -0.4 is 9.47 Å². The van der Waals surface area contributed by atoms with Gasteiger partial charge in [0.25, 0.3) is 0 Å². The summed E-state index contributed by atoms with van der Waals surface area (Å²) in [5, 5.41) is 0. The number of nitrogens with zero attached hydrogens (tertiary/aromatic N) is 2. The Bertz CT molecular complexity index is 2460. The number of benzene rings is 5. The van der Waals surface area contributed by atoms with E-state index < -0.39 is 7.40 Å². The smallest absolute Gasteiger partial charge is 0.497 e. The predicted molar refractivity (Wildman–Crippen MR) is 233 cm³/mol. The van der Waals surface area contributed by atoms with Gasteiger partial charge >= 0.3 is 7.40 Å². The van der Waals surface area contributed by atoms with Crippen LogP contribution in [0.4, 0.5) is 8.63 Å². The minimum Gasteiger partial charge on any atom is -0.497 e. The maximum atomic E-state index is 15.4. The number of fused-ring (bicyclic) bond motifs is 2. The van der Waals surface area contributed by atoms with Gasteiger partial charge < -0.3 is 14.0 Å².